The van der Waals surface area contributed by atoms with Gasteiger partial charge >= 0.3 is 12.4 Å². The lowest BCUT2D eigenvalue weighted by Gasteiger charge is -2.45. The molecule has 9 heteroatoms. The first kappa shape index (κ1) is 18.2. The summed E-state index contributed by atoms with van der Waals surface area (Å²) in [6, 6.07) is 6.27. The highest BCUT2D eigenvalue weighted by Gasteiger charge is 2.47. The van der Waals surface area contributed by atoms with Crippen LogP contribution in [0.2, 0.25) is 0 Å². The number of halogens is 6. The summed E-state index contributed by atoms with van der Waals surface area (Å²) >= 11 is 0. The van der Waals surface area contributed by atoms with Crippen molar-refractivity contribution < 1.29 is 31.1 Å². The van der Waals surface area contributed by atoms with Crippen LogP contribution in [0.25, 0.3) is 0 Å². The monoisotopic (exact) mass is 374 g/mol. The topological polar surface area (TPSA) is 46.3 Å². The second kappa shape index (κ2) is 6.01. The van der Waals surface area contributed by atoms with Crippen LogP contribution in [-0.4, -0.2) is 11.9 Å². The molecule has 0 unspecified atom stereocenters. The van der Waals surface area contributed by atoms with E-state index in [0.29, 0.717) is 5.56 Å². The quantitative estimate of drug-likeness (QED) is 0.634. The zero-order valence-electron chi connectivity index (χ0n) is 13.0. The Kier molecular flexibility index (Phi) is 4.22. The van der Waals surface area contributed by atoms with Crippen LogP contribution in [0.4, 0.5) is 32.0 Å². The second-order valence-corrected chi connectivity index (χ2v) is 5.85. The molecule has 1 aliphatic rings. The zero-order valence-corrected chi connectivity index (χ0v) is 13.0. The number of anilines is 1. The average Bonchev–Trinajstić information content (AvgIpc) is 2.57. The number of hydrogen-bond acceptors (Lipinski definition) is 2. The van der Waals surface area contributed by atoms with Crippen LogP contribution < -0.4 is 10.6 Å². The molecule has 0 radical (unpaired) electrons. The molecule has 0 bridgehead atoms. The molecule has 1 amide bonds. The van der Waals surface area contributed by atoms with Crippen molar-refractivity contribution in [3.63, 3.8) is 0 Å². The highest BCUT2D eigenvalue weighted by molar-refractivity contribution is 6.05. The predicted octanol–water partition coefficient (Wildman–Crippen LogP) is 4.14. The Morgan fingerprint density at radius 3 is 1.96 bits per heavy atom. The second-order valence-electron chi connectivity index (χ2n) is 5.85. The van der Waals surface area contributed by atoms with Crippen molar-refractivity contribution in [2.45, 2.75) is 24.4 Å². The summed E-state index contributed by atoms with van der Waals surface area (Å²) in [6.45, 7) is 0. The van der Waals surface area contributed by atoms with Gasteiger partial charge in [0.05, 0.1) is 17.2 Å². The van der Waals surface area contributed by atoms with Crippen molar-refractivity contribution in [3.8, 4) is 0 Å². The Morgan fingerprint density at radius 2 is 1.42 bits per heavy atom. The van der Waals surface area contributed by atoms with E-state index in [0.717, 1.165) is 35.2 Å². The lowest BCUT2D eigenvalue weighted by molar-refractivity contribution is -0.138. The maximum absolute atomic E-state index is 12.9. The Hall–Kier alpha value is -2.55. The van der Waals surface area contributed by atoms with Crippen LogP contribution in [0.3, 0.4) is 0 Å². The Bertz CT molecular complexity index is 828. The summed E-state index contributed by atoms with van der Waals surface area (Å²) < 4.78 is 76.6. The molecule has 2 atom stereocenters. The fourth-order valence-corrected chi connectivity index (χ4v) is 2.86. The third kappa shape index (κ3) is 3.14. The molecule has 0 aliphatic carbocycles. The Labute approximate surface area is 144 Å². The number of benzene rings is 2. The molecule has 0 aromatic heterocycles. The molecule has 2 aromatic carbocycles. The fourth-order valence-electron chi connectivity index (χ4n) is 2.86. The molecule has 1 aliphatic heterocycles. The van der Waals surface area contributed by atoms with E-state index in [1.54, 1.807) is 0 Å². The van der Waals surface area contributed by atoms with E-state index in [9.17, 15) is 31.1 Å². The van der Waals surface area contributed by atoms with Gasteiger partial charge in [-0.1, -0.05) is 18.2 Å². The van der Waals surface area contributed by atoms with Gasteiger partial charge in [0.15, 0.2) is 0 Å². The number of carbonyl (C=O) groups excluding carboxylic acids is 1. The number of rotatable bonds is 2. The van der Waals surface area contributed by atoms with E-state index in [1.165, 1.54) is 18.2 Å². The molecule has 0 saturated carbocycles. The SMILES string of the molecule is N[C@H]1C(=O)N(c2cccc(C(F)(F)F)c2)[C@@H]1c1ccc(C(F)(F)F)cc1. The van der Waals surface area contributed by atoms with E-state index in [-0.39, 0.29) is 5.69 Å². The van der Waals surface area contributed by atoms with E-state index in [4.69, 9.17) is 5.73 Å². The first-order valence-electron chi connectivity index (χ1n) is 7.43. The van der Waals surface area contributed by atoms with Crippen LogP contribution in [0.15, 0.2) is 48.5 Å². The van der Waals surface area contributed by atoms with Gasteiger partial charge in [0.2, 0.25) is 5.91 Å². The van der Waals surface area contributed by atoms with E-state index >= 15 is 0 Å². The minimum absolute atomic E-state index is 0.0172. The first-order valence-corrected chi connectivity index (χ1v) is 7.43. The normalized spacial score (nSPS) is 20.9. The van der Waals surface area contributed by atoms with E-state index in [1.807, 2.05) is 0 Å². The van der Waals surface area contributed by atoms with Crippen LogP contribution in [0.5, 0.6) is 0 Å². The van der Waals surface area contributed by atoms with Gasteiger partial charge in [0.1, 0.15) is 6.04 Å². The van der Waals surface area contributed by atoms with Crippen molar-refractivity contribution >= 4 is 11.6 Å². The summed E-state index contributed by atoms with van der Waals surface area (Å²) in [5.74, 6) is -0.603. The summed E-state index contributed by atoms with van der Waals surface area (Å²) in [4.78, 5) is 13.1. The lowest BCUT2D eigenvalue weighted by atomic mass is 9.87. The number of carbonyl (C=O) groups is 1. The summed E-state index contributed by atoms with van der Waals surface area (Å²) in [5.41, 5.74) is 4.22. The molecule has 0 spiro atoms. The van der Waals surface area contributed by atoms with Crippen LogP contribution in [0, 0.1) is 0 Å². The van der Waals surface area contributed by atoms with Crippen molar-refractivity contribution in [1.82, 2.24) is 0 Å². The van der Waals surface area contributed by atoms with Crippen molar-refractivity contribution in [2.75, 3.05) is 4.90 Å². The Morgan fingerprint density at radius 1 is 0.846 bits per heavy atom. The number of amides is 1. The van der Waals surface area contributed by atoms with Gasteiger partial charge < -0.3 is 10.6 Å². The molecule has 2 aromatic rings. The molecule has 138 valence electrons. The van der Waals surface area contributed by atoms with E-state index in [2.05, 4.69) is 0 Å². The first-order chi connectivity index (χ1) is 12.0. The van der Waals surface area contributed by atoms with Crippen molar-refractivity contribution in [1.29, 1.82) is 0 Å². The predicted molar refractivity (Wildman–Crippen MR) is 81.1 cm³/mol. The molecular formula is C17H12F6N2O. The van der Waals surface area contributed by atoms with Crippen LogP contribution in [0.1, 0.15) is 22.7 Å². The standard InChI is InChI=1S/C17H12F6N2O/c18-16(19,20)10-6-4-9(5-7-10)14-13(24)15(26)25(14)12-3-1-2-11(8-12)17(21,22)23/h1-8,13-14H,24H2/t13-,14-/m1/s1. The highest BCUT2D eigenvalue weighted by Crippen LogP contribution is 2.41. The fraction of sp³-hybridized carbons (Fsp3) is 0.235. The maximum atomic E-state index is 12.9. The third-order valence-corrected chi connectivity index (χ3v) is 4.17. The summed E-state index contributed by atoms with van der Waals surface area (Å²) in [7, 11) is 0. The van der Waals surface area contributed by atoms with Gasteiger partial charge in [-0.25, -0.2) is 0 Å². The van der Waals surface area contributed by atoms with Gasteiger partial charge in [-0.2, -0.15) is 26.3 Å². The molecular weight excluding hydrogens is 362 g/mol. The summed E-state index contributed by atoms with van der Waals surface area (Å²) in [5, 5.41) is 0. The third-order valence-electron chi connectivity index (χ3n) is 4.17. The zero-order chi connectivity index (χ0) is 19.3. The van der Waals surface area contributed by atoms with Crippen molar-refractivity contribution in [3.05, 3.63) is 65.2 Å². The molecule has 3 rings (SSSR count). The molecule has 1 saturated heterocycles. The number of alkyl halides is 6. The molecule has 1 heterocycles. The van der Waals surface area contributed by atoms with Gasteiger partial charge in [0.25, 0.3) is 0 Å². The largest absolute Gasteiger partial charge is 0.416 e. The van der Waals surface area contributed by atoms with Gasteiger partial charge in [-0.15, -0.1) is 0 Å². The molecule has 2 N–H and O–H groups in total. The van der Waals surface area contributed by atoms with Crippen LogP contribution >= 0.6 is 0 Å². The van der Waals surface area contributed by atoms with Gasteiger partial charge in [-0.05, 0) is 35.9 Å². The minimum atomic E-state index is -4.59. The average molecular weight is 374 g/mol. The number of nitrogens with zero attached hydrogens (tertiary/aromatic N) is 1. The van der Waals surface area contributed by atoms with E-state index < -0.39 is 41.5 Å². The molecule has 26 heavy (non-hydrogen) atoms. The number of β-lactam (4-membered cyclic amide) rings is 1. The van der Waals surface area contributed by atoms with Gasteiger partial charge in [0, 0.05) is 5.69 Å². The maximum Gasteiger partial charge on any atom is 0.416 e. The number of nitrogens with two attached hydrogens (primary N) is 1. The Balaban J connectivity index is 1.94. The minimum Gasteiger partial charge on any atom is -0.318 e. The smallest absolute Gasteiger partial charge is 0.318 e. The van der Waals surface area contributed by atoms with Crippen molar-refractivity contribution in [2.24, 2.45) is 5.73 Å². The van der Waals surface area contributed by atoms with Gasteiger partial charge in [-0.3, -0.25) is 4.79 Å². The molecule has 3 nitrogen and oxygen atoms in total. The summed E-state index contributed by atoms with van der Waals surface area (Å²) in [6.07, 6.45) is -9.10. The van der Waals surface area contributed by atoms with Crippen LogP contribution in [-0.2, 0) is 17.1 Å². The molecule has 1 fully saturated rings. The highest BCUT2D eigenvalue weighted by atomic mass is 19.4. The lowest BCUT2D eigenvalue weighted by Crippen LogP contribution is -2.63. The number of hydrogen-bond donors (Lipinski definition) is 1.